The third-order valence-electron chi connectivity index (χ3n) is 3.51. The van der Waals surface area contributed by atoms with E-state index in [2.05, 4.69) is 21.2 Å². The van der Waals surface area contributed by atoms with E-state index in [9.17, 15) is 9.59 Å². The molecule has 1 aromatic carbocycles. The molecule has 0 unspecified atom stereocenters. The number of ether oxygens (including phenoxy) is 1. The Morgan fingerprint density at radius 3 is 2.75 bits per heavy atom. The number of amides is 2. The lowest BCUT2D eigenvalue weighted by molar-refractivity contribution is -0.152. The molecule has 20 heavy (non-hydrogen) atoms. The van der Waals surface area contributed by atoms with Crippen molar-refractivity contribution in [1.29, 1.82) is 0 Å². The number of hydrogen-bond acceptors (Lipinski definition) is 3. The van der Waals surface area contributed by atoms with Gasteiger partial charge in [0.2, 0.25) is 11.8 Å². The average Bonchev–Trinajstić information content (AvgIpc) is 2.41. The van der Waals surface area contributed by atoms with Crippen molar-refractivity contribution in [2.45, 2.75) is 25.9 Å². The van der Waals surface area contributed by atoms with Gasteiger partial charge >= 0.3 is 0 Å². The number of carbonyl (C=O) groups is 2. The van der Waals surface area contributed by atoms with E-state index in [-0.39, 0.29) is 18.4 Å². The summed E-state index contributed by atoms with van der Waals surface area (Å²) in [5.41, 5.74) is 0.0400. The van der Waals surface area contributed by atoms with Crippen molar-refractivity contribution in [2.24, 2.45) is 0 Å². The molecule has 0 aliphatic carbocycles. The third kappa shape index (κ3) is 2.65. The second-order valence-corrected chi connectivity index (χ2v) is 6.03. The lowest BCUT2D eigenvalue weighted by Crippen LogP contribution is -2.63. The minimum atomic E-state index is -0.863. The topological polar surface area (TPSA) is 58.6 Å². The number of halogens is 1. The number of hydrogen-bond donors (Lipinski definition) is 1. The van der Waals surface area contributed by atoms with Crippen molar-refractivity contribution in [2.75, 3.05) is 13.7 Å². The van der Waals surface area contributed by atoms with Crippen LogP contribution in [0.15, 0.2) is 22.7 Å². The van der Waals surface area contributed by atoms with Gasteiger partial charge in [0.15, 0.2) is 0 Å². The zero-order valence-corrected chi connectivity index (χ0v) is 13.3. The van der Waals surface area contributed by atoms with Crippen LogP contribution >= 0.6 is 15.9 Å². The molecule has 1 aliphatic heterocycles. The lowest BCUT2D eigenvalue weighted by atomic mass is 9.97. The minimum absolute atomic E-state index is 0.0455. The van der Waals surface area contributed by atoms with Gasteiger partial charge in [-0.1, -0.05) is 15.9 Å². The van der Waals surface area contributed by atoms with Crippen molar-refractivity contribution in [1.82, 2.24) is 10.2 Å². The molecular formula is C14H17BrN2O3. The number of methoxy groups -OCH3 is 1. The summed E-state index contributed by atoms with van der Waals surface area (Å²) in [6.07, 6.45) is 0. The van der Waals surface area contributed by atoms with Crippen LogP contribution in [0.1, 0.15) is 19.4 Å². The molecule has 2 amide bonds. The van der Waals surface area contributed by atoms with Gasteiger partial charge in [0, 0.05) is 11.0 Å². The Kier molecular flexibility index (Phi) is 4.04. The highest BCUT2D eigenvalue weighted by Gasteiger charge is 2.41. The zero-order valence-electron chi connectivity index (χ0n) is 11.7. The SMILES string of the molecule is COc1ccc(Br)c(CN2C(=O)CNC(=O)C2(C)C)c1. The maximum Gasteiger partial charge on any atom is 0.245 e. The van der Waals surface area contributed by atoms with Gasteiger partial charge in [0.25, 0.3) is 0 Å². The Balaban J connectivity index is 2.32. The van der Waals surface area contributed by atoms with E-state index in [0.717, 1.165) is 15.8 Å². The minimum Gasteiger partial charge on any atom is -0.497 e. The van der Waals surface area contributed by atoms with Gasteiger partial charge in [-0.15, -0.1) is 0 Å². The Hall–Kier alpha value is -1.56. The van der Waals surface area contributed by atoms with Crippen LogP contribution in [-0.2, 0) is 16.1 Å². The van der Waals surface area contributed by atoms with E-state index in [1.807, 2.05) is 18.2 Å². The first-order chi connectivity index (χ1) is 9.36. The molecule has 1 N–H and O–H groups in total. The van der Waals surface area contributed by atoms with Gasteiger partial charge < -0.3 is 15.0 Å². The Labute approximate surface area is 126 Å². The summed E-state index contributed by atoms with van der Waals surface area (Å²) >= 11 is 3.46. The predicted octanol–water partition coefficient (Wildman–Crippen LogP) is 1.69. The first-order valence-electron chi connectivity index (χ1n) is 6.27. The molecule has 0 radical (unpaired) electrons. The molecule has 5 nitrogen and oxygen atoms in total. The summed E-state index contributed by atoms with van der Waals surface area (Å²) in [5.74, 6) is 0.482. The average molecular weight is 341 g/mol. The quantitative estimate of drug-likeness (QED) is 0.910. The third-order valence-corrected chi connectivity index (χ3v) is 4.29. The number of piperazine rings is 1. The van der Waals surface area contributed by atoms with Crippen molar-refractivity contribution in [3.05, 3.63) is 28.2 Å². The second-order valence-electron chi connectivity index (χ2n) is 5.18. The number of rotatable bonds is 3. The summed E-state index contributed by atoms with van der Waals surface area (Å²) in [7, 11) is 1.59. The maximum atomic E-state index is 12.1. The fourth-order valence-corrected chi connectivity index (χ4v) is 2.53. The van der Waals surface area contributed by atoms with Crippen LogP contribution in [0.2, 0.25) is 0 Å². The van der Waals surface area contributed by atoms with Crippen LogP contribution in [0.4, 0.5) is 0 Å². The van der Waals surface area contributed by atoms with Crippen LogP contribution in [0.3, 0.4) is 0 Å². The van der Waals surface area contributed by atoms with Crippen LogP contribution in [0.5, 0.6) is 5.75 Å². The highest BCUT2D eigenvalue weighted by molar-refractivity contribution is 9.10. The molecule has 108 valence electrons. The molecule has 1 fully saturated rings. The van der Waals surface area contributed by atoms with Gasteiger partial charge in [0.1, 0.15) is 11.3 Å². The molecule has 0 atom stereocenters. The van der Waals surface area contributed by atoms with Gasteiger partial charge in [-0.2, -0.15) is 0 Å². The first-order valence-corrected chi connectivity index (χ1v) is 7.06. The van der Waals surface area contributed by atoms with E-state index in [1.54, 1.807) is 25.9 Å². The van der Waals surface area contributed by atoms with Gasteiger partial charge in [0.05, 0.1) is 13.7 Å². The molecule has 1 heterocycles. The van der Waals surface area contributed by atoms with Crippen LogP contribution in [0.25, 0.3) is 0 Å². The zero-order chi connectivity index (χ0) is 14.9. The maximum absolute atomic E-state index is 12.1. The summed E-state index contributed by atoms with van der Waals surface area (Å²) in [5, 5.41) is 2.61. The molecule has 0 saturated carbocycles. The first kappa shape index (κ1) is 14.8. The highest BCUT2D eigenvalue weighted by Crippen LogP contribution is 2.27. The van der Waals surface area contributed by atoms with Crippen molar-refractivity contribution >= 4 is 27.7 Å². The second kappa shape index (κ2) is 5.44. The van der Waals surface area contributed by atoms with Gasteiger partial charge in [-0.3, -0.25) is 9.59 Å². The molecule has 0 aromatic heterocycles. The molecule has 1 aromatic rings. The Morgan fingerprint density at radius 1 is 1.40 bits per heavy atom. The number of nitrogens with zero attached hydrogens (tertiary/aromatic N) is 1. The smallest absolute Gasteiger partial charge is 0.245 e. The molecule has 6 heteroatoms. The van der Waals surface area contributed by atoms with E-state index >= 15 is 0 Å². The summed E-state index contributed by atoms with van der Waals surface area (Å²) in [4.78, 5) is 25.6. The van der Waals surface area contributed by atoms with E-state index in [1.165, 1.54) is 0 Å². The Morgan fingerprint density at radius 2 is 2.10 bits per heavy atom. The molecule has 0 bridgehead atoms. The van der Waals surface area contributed by atoms with Crippen LogP contribution in [0, 0.1) is 0 Å². The Bertz CT molecular complexity index is 557. The lowest BCUT2D eigenvalue weighted by Gasteiger charge is -2.41. The fraction of sp³-hybridized carbons (Fsp3) is 0.429. The highest BCUT2D eigenvalue weighted by atomic mass is 79.9. The van der Waals surface area contributed by atoms with E-state index in [4.69, 9.17) is 4.74 Å². The van der Waals surface area contributed by atoms with Crippen LogP contribution in [-0.4, -0.2) is 35.9 Å². The van der Waals surface area contributed by atoms with E-state index in [0.29, 0.717) is 6.54 Å². The monoisotopic (exact) mass is 340 g/mol. The van der Waals surface area contributed by atoms with E-state index < -0.39 is 5.54 Å². The molecular weight excluding hydrogens is 324 g/mol. The number of carbonyl (C=O) groups excluding carboxylic acids is 2. The summed E-state index contributed by atoms with van der Waals surface area (Å²) in [6.45, 7) is 3.89. The number of benzene rings is 1. The number of nitrogens with one attached hydrogen (secondary N) is 1. The van der Waals surface area contributed by atoms with Crippen molar-refractivity contribution < 1.29 is 14.3 Å². The standard InChI is InChI=1S/C14H17BrN2O3/c1-14(2)13(19)16-7-12(18)17(14)8-9-6-10(20-3)4-5-11(9)15/h4-6H,7-8H2,1-3H3,(H,16,19). The largest absolute Gasteiger partial charge is 0.497 e. The summed E-state index contributed by atoms with van der Waals surface area (Å²) in [6, 6.07) is 5.57. The summed E-state index contributed by atoms with van der Waals surface area (Å²) < 4.78 is 6.08. The molecule has 0 spiro atoms. The molecule has 1 aliphatic rings. The molecule has 1 saturated heterocycles. The normalized spacial score (nSPS) is 17.9. The predicted molar refractivity (Wildman–Crippen MR) is 78.3 cm³/mol. The fourth-order valence-electron chi connectivity index (χ4n) is 2.16. The van der Waals surface area contributed by atoms with Gasteiger partial charge in [-0.25, -0.2) is 0 Å². The van der Waals surface area contributed by atoms with Crippen LogP contribution < -0.4 is 10.1 Å². The van der Waals surface area contributed by atoms with Gasteiger partial charge in [-0.05, 0) is 37.6 Å². The molecule has 2 rings (SSSR count). The van der Waals surface area contributed by atoms with Crippen molar-refractivity contribution in [3.63, 3.8) is 0 Å². The van der Waals surface area contributed by atoms with Crippen molar-refractivity contribution in [3.8, 4) is 5.75 Å².